The van der Waals surface area contributed by atoms with Gasteiger partial charge >= 0.3 is 17.9 Å². The van der Waals surface area contributed by atoms with Gasteiger partial charge in [-0.25, -0.2) is 14.4 Å². The van der Waals surface area contributed by atoms with E-state index >= 15 is 0 Å². The number of benzene rings is 1. The number of ether oxygens (including phenoxy) is 2. The Labute approximate surface area is 144 Å². The standard InChI is InChI=1S/C17H19NO7/c1-9(13-15(22)24-17(2,3)25-16(13)23)18-12(14(20)21)8-10-4-6-11(19)7-5-10/h4-7,12,18-19H,8H2,1-3H3,(H,20,21). The number of carbonyl (C=O) groups is 3. The fourth-order valence-corrected chi connectivity index (χ4v) is 2.36. The van der Waals surface area contributed by atoms with Crippen LogP contribution in [-0.2, 0) is 30.3 Å². The Morgan fingerprint density at radius 2 is 1.68 bits per heavy atom. The van der Waals surface area contributed by atoms with Crippen LogP contribution in [0, 0.1) is 0 Å². The lowest BCUT2D eigenvalue weighted by atomic mass is 10.0. The molecule has 1 unspecified atom stereocenters. The summed E-state index contributed by atoms with van der Waals surface area (Å²) in [5, 5.41) is 21.3. The number of aliphatic carboxylic acids is 1. The maximum absolute atomic E-state index is 12.0. The van der Waals surface area contributed by atoms with Gasteiger partial charge in [-0.05, 0) is 24.6 Å². The maximum atomic E-state index is 12.0. The number of hydrogen-bond donors (Lipinski definition) is 3. The molecule has 2 rings (SSSR count). The number of carboxylic acid groups (broad SMARTS) is 1. The predicted molar refractivity (Wildman–Crippen MR) is 85.3 cm³/mol. The molecule has 0 saturated carbocycles. The molecule has 8 heteroatoms. The molecule has 0 amide bonds. The lowest BCUT2D eigenvalue weighted by Gasteiger charge is -2.31. The van der Waals surface area contributed by atoms with Crippen LogP contribution in [0.25, 0.3) is 0 Å². The Balaban J connectivity index is 2.21. The van der Waals surface area contributed by atoms with Crippen LogP contribution in [0.4, 0.5) is 0 Å². The molecular weight excluding hydrogens is 330 g/mol. The molecule has 1 aliphatic heterocycles. The molecule has 1 aromatic carbocycles. The maximum Gasteiger partial charge on any atom is 0.350 e. The van der Waals surface area contributed by atoms with Gasteiger partial charge in [-0.15, -0.1) is 0 Å². The summed E-state index contributed by atoms with van der Waals surface area (Å²) >= 11 is 0. The Morgan fingerprint density at radius 3 is 2.16 bits per heavy atom. The van der Waals surface area contributed by atoms with E-state index in [1.807, 2.05) is 0 Å². The van der Waals surface area contributed by atoms with Crippen molar-refractivity contribution in [2.24, 2.45) is 0 Å². The van der Waals surface area contributed by atoms with Gasteiger partial charge in [0.1, 0.15) is 11.8 Å². The van der Waals surface area contributed by atoms with Crippen molar-refractivity contribution in [3.8, 4) is 5.75 Å². The molecule has 1 aromatic rings. The third kappa shape index (κ3) is 4.50. The average Bonchev–Trinajstić information content (AvgIpc) is 2.46. The number of carbonyl (C=O) groups excluding carboxylic acids is 2. The van der Waals surface area contributed by atoms with E-state index < -0.39 is 29.7 Å². The molecule has 1 atom stereocenters. The molecule has 1 aliphatic rings. The number of phenols is 1. The Hall–Kier alpha value is -3.03. The monoisotopic (exact) mass is 349 g/mol. The van der Waals surface area contributed by atoms with E-state index in [9.17, 15) is 24.6 Å². The summed E-state index contributed by atoms with van der Waals surface area (Å²) in [6.45, 7) is 4.25. The zero-order valence-electron chi connectivity index (χ0n) is 14.0. The highest BCUT2D eigenvalue weighted by Gasteiger charge is 2.40. The van der Waals surface area contributed by atoms with Crippen molar-refractivity contribution in [2.45, 2.75) is 39.0 Å². The van der Waals surface area contributed by atoms with Gasteiger partial charge in [-0.3, -0.25) is 0 Å². The van der Waals surface area contributed by atoms with Gasteiger partial charge in [-0.1, -0.05) is 12.1 Å². The number of rotatable bonds is 5. The fraction of sp³-hybridized carbons (Fsp3) is 0.353. The lowest BCUT2D eigenvalue weighted by molar-refractivity contribution is -0.222. The summed E-state index contributed by atoms with van der Waals surface area (Å²) in [6.07, 6.45) is 0.0792. The predicted octanol–water partition coefficient (Wildman–Crippen LogP) is 1.09. The van der Waals surface area contributed by atoms with Gasteiger partial charge in [0.15, 0.2) is 5.57 Å². The topological polar surface area (TPSA) is 122 Å². The average molecular weight is 349 g/mol. The largest absolute Gasteiger partial charge is 0.508 e. The lowest BCUT2D eigenvalue weighted by Crippen LogP contribution is -2.45. The number of carboxylic acids is 1. The van der Waals surface area contributed by atoms with E-state index in [0.29, 0.717) is 5.56 Å². The van der Waals surface area contributed by atoms with E-state index in [0.717, 1.165) is 0 Å². The van der Waals surface area contributed by atoms with Gasteiger partial charge < -0.3 is 25.0 Å². The zero-order valence-corrected chi connectivity index (χ0v) is 14.0. The van der Waals surface area contributed by atoms with Crippen molar-refractivity contribution < 1.29 is 34.1 Å². The van der Waals surface area contributed by atoms with Gasteiger partial charge in [0, 0.05) is 26.0 Å². The number of phenolic OH excluding ortho intramolecular Hbond substituents is 1. The molecule has 0 aliphatic carbocycles. The zero-order chi connectivity index (χ0) is 18.8. The first-order valence-electron chi connectivity index (χ1n) is 7.54. The highest BCUT2D eigenvalue weighted by molar-refractivity contribution is 6.15. The molecule has 0 bridgehead atoms. The molecule has 134 valence electrons. The molecule has 25 heavy (non-hydrogen) atoms. The molecule has 3 N–H and O–H groups in total. The summed E-state index contributed by atoms with van der Waals surface area (Å²) < 4.78 is 9.99. The van der Waals surface area contributed by atoms with Crippen LogP contribution < -0.4 is 5.32 Å². The van der Waals surface area contributed by atoms with Crippen LogP contribution in [0.2, 0.25) is 0 Å². The number of nitrogens with one attached hydrogen (secondary N) is 1. The molecular formula is C17H19NO7. The van der Waals surface area contributed by atoms with E-state index in [4.69, 9.17) is 9.47 Å². The van der Waals surface area contributed by atoms with Gasteiger partial charge in [0.2, 0.25) is 0 Å². The normalized spacial score (nSPS) is 17.3. The number of esters is 2. The molecule has 0 aromatic heterocycles. The summed E-state index contributed by atoms with van der Waals surface area (Å²) in [5.41, 5.74) is 0.346. The van der Waals surface area contributed by atoms with Crippen LogP contribution in [0.5, 0.6) is 5.75 Å². The molecule has 1 heterocycles. The van der Waals surface area contributed by atoms with Crippen LogP contribution in [0.15, 0.2) is 35.5 Å². The van der Waals surface area contributed by atoms with Crippen molar-refractivity contribution in [3.63, 3.8) is 0 Å². The van der Waals surface area contributed by atoms with Gasteiger partial charge in [0.05, 0.1) is 0 Å². The van der Waals surface area contributed by atoms with Crippen molar-refractivity contribution in [1.82, 2.24) is 5.32 Å². The SMILES string of the molecule is CC(NC(Cc1ccc(O)cc1)C(=O)O)=C1C(=O)OC(C)(C)OC1=O. The van der Waals surface area contributed by atoms with Crippen LogP contribution in [-0.4, -0.2) is 39.9 Å². The van der Waals surface area contributed by atoms with E-state index in [2.05, 4.69) is 5.32 Å². The minimum atomic E-state index is -1.36. The summed E-state index contributed by atoms with van der Waals surface area (Å²) in [5.74, 6) is -4.21. The summed E-state index contributed by atoms with van der Waals surface area (Å²) in [7, 11) is 0. The molecule has 1 saturated heterocycles. The third-order valence-corrected chi connectivity index (χ3v) is 3.53. The van der Waals surface area contributed by atoms with E-state index in [1.165, 1.54) is 32.9 Å². The smallest absolute Gasteiger partial charge is 0.350 e. The Bertz CT molecular complexity index is 712. The quantitative estimate of drug-likeness (QED) is 0.410. The van der Waals surface area contributed by atoms with Crippen molar-refractivity contribution in [2.75, 3.05) is 0 Å². The van der Waals surface area contributed by atoms with Crippen LogP contribution in [0.1, 0.15) is 26.3 Å². The molecule has 8 nitrogen and oxygen atoms in total. The first kappa shape index (κ1) is 18.3. The fourth-order valence-electron chi connectivity index (χ4n) is 2.36. The summed E-state index contributed by atoms with van der Waals surface area (Å²) in [4.78, 5) is 35.5. The highest BCUT2D eigenvalue weighted by Crippen LogP contribution is 2.24. The number of allylic oxidation sites excluding steroid dienone is 1. The van der Waals surface area contributed by atoms with Crippen LogP contribution in [0.3, 0.4) is 0 Å². The number of hydrogen-bond acceptors (Lipinski definition) is 7. The number of cyclic esters (lactones) is 2. The third-order valence-electron chi connectivity index (χ3n) is 3.53. The van der Waals surface area contributed by atoms with E-state index in [-0.39, 0.29) is 23.4 Å². The van der Waals surface area contributed by atoms with Crippen molar-refractivity contribution in [3.05, 3.63) is 41.1 Å². The Kier molecular flexibility index (Phi) is 5.01. The van der Waals surface area contributed by atoms with Crippen LogP contribution >= 0.6 is 0 Å². The molecule has 0 spiro atoms. The summed E-state index contributed by atoms with van der Waals surface area (Å²) in [6, 6.07) is 4.96. The number of aromatic hydroxyl groups is 1. The van der Waals surface area contributed by atoms with Gasteiger partial charge in [-0.2, -0.15) is 0 Å². The molecule has 0 radical (unpaired) electrons. The van der Waals surface area contributed by atoms with Crippen molar-refractivity contribution >= 4 is 17.9 Å². The van der Waals surface area contributed by atoms with Crippen molar-refractivity contribution in [1.29, 1.82) is 0 Å². The second-order valence-corrected chi connectivity index (χ2v) is 6.08. The second kappa shape index (κ2) is 6.84. The second-order valence-electron chi connectivity index (χ2n) is 6.08. The minimum absolute atomic E-state index is 0.0525. The first-order valence-corrected chi connectivity index (χ1v) is 7.54. The minimum Gasteiger partial charge on any atom is -0.508 e. The van der Waals surface area contributed by atoms with E-state index in [1.54, 1.807) is 12.1 Å². The highest BCUT2D eigenvalue weighted by atomic mass is 16.7. The van der Waals surface area contributed by atoms with Gasteiger partial charge in [0.25, 0.3) is 5.79 Å². The molecule has 1 fully saturated rings. The first-order chi connectivity index (χ1) is 11.6. The Morgan fingerprint density at radius 1 is 1.16 bits per heavy atom.